The predicted molar refractivity (Wildman–Crippen MR) is 124 cm³/mol. The van der Waals surface area contributed by atoms with Crippen molar-refractivity contribution >= 4 is 17.7 Å². The summed E-state index contributed by atoms with van der Waals surface area (Å²) in [5, 5.41) is 4.41. The van der Waals surface area contributed by atoms with Crippen LogP contribution in [-0.2, 0) is 17.9 Å². The van der Waals surface area contributed by atoms with Crippen LogP contribution in [0.15, 0.2) is 36.4 Å². The summed E-state index contributed by atoms with van der Waals surface area (Å²) >= 11 is 0. The number of fused-ring (bicyclic) bond motifs is 1. The zero-order valence-electron chi connectivity index (χ0n) is 19.4. The number of carbonyl (C=O) groups is 3. The van der Waals surface area contributed by atoms with Gasteiger partial charge in [-0.1, -0.05) is 37.3 Å². The van der Waals surface area contributed by atoms with E-state index in [0.29, 0.717) is 38.4 Å². The average molecular weight is 453 g/mol. The van der Waals surface area contributed by atoms with Crippen LogP contribution in [0.3, 0.4) is 0 Å². The third-order valence-electron chi connectivity index (χ3n) is 6.41. The number of amides is 3. The molecule has 1 saturated heterocycles. The molecule has 0 N–H and O–H groups in total. The summed E-state index contributed by atoms with van der Waals surface area (Å²) in [6.45, 7) is 7.90. The van der Waals surface area contributed by atoms with Gasteiger partial charge >= 0.3 is 0 Å². The summed E-state index contributed by atoms with van der Waals surface area (Å²) in [7, 11) is 1.61. The van der Waals surface area contributed by atoms with Crippen LogP contribution in [0.1, 0.15) is 39.9 Å². The second-order valence-corrected chi connectivity index (χ2v) is 8.68. The summed E-state index contributed by atoms with van der Waals surface area (Å²) in [4.78, 5) is 46.1. The molecule has 1 aromatic heterocycles. The number of hydrogen-bond donors (Lipinski definition) is 0. The number of aryl methyl sites for hydroxylation is 1. The van der Waals surface area contributed by atoms with Gasteiger partial charge in [0.05, 0.1) is 6.54 Å². The van der Waals surface area contributed by atoms with Crippen LogP contribution in [0.4, 0.5) is 0 Å². The lowest BCUT2D eigenvalue weighted by molar-refractivity contribution is -0.133. The lowest BCUT2D eigenvalue weighted by Crippen LogP contribution is -2.51. The van der Waals surface area contributed by atoms with Crippen molar-refractivity contribution in [3.8, 4) is 0 Å². The molecular weight excluding hydrogens is 420 g/mol. The molecule has 2 aliphatic rings. The summed E-state index contributed by atoms with van der Waals surface area (Å²) in [5.41, 5.74) is 1.68. The minimum absolute atomic E-state index is 0.00122. The van der Waals surface area contributed by atoms with Crippen LogP contribution in [0.25, 0.3) is 0 Å². The van der Waals surface area contributed by atoms with E-state index in [1.165, 1.54) is 4.90 Å². The van der Waals surface area contributed by atoms with Gasteiger partial charge in [-0.25, -0.2) is 0 Å². The fourth-order valence-electron chi connectivity index (χ4n) is 4.38. The molecule has 9 heteroatoms. The molecule has 1 aromatic carbocycles. The zero-order chi connectivity index (χ0) is 23.4. The van der Waals surface area contributed by atoms with Crippen LogP contribution < -0.4 is 0 Å². The second-order valence-electron chi connectivity index (χ2n) is 8.68. The van der Waals surface area contributed by atoms with E-state index >= 15 is 0 Å². The molecule has 0 radical (unpaired) electrons. The van der Waals surface area contributed by atoms with Gasteiger partial charge in [-0.05, 0) is 18.5 Å². The molecule has 3 amide bonds. The van der Waals surface area contributed by atoms with Crippen LogP contribution in [0.2, 0.25) is 0 Å². The predicted octanol–water partition coefficient (Wildman–Crippen LogP) is 1.17. The van der Waals surface area contributed by atoms with Gasteiger partial charge in [0.15, 0.2) is 5.69 Å². The molecule has 0 unspecified atom stereocenters. The maximum Gasteiger partial charge on any atom is 0.274 e. The summed E-state index contributed by atoms with van der Waals surface area (Å²) < 4.78 is 1.63. The van der Waals surface area contributed by atoms with Crippen molar-refractivity contribution in [2.24, 2.45) is 0 Å². The highest BCUT2D eigenvalue weighted by Gasteiger charge is 2.28. The number of rotatable bonds is 6. The number of likely N-dealkylation sites (N-methyl/N-ethyl adjacent to an activating group) is 2. The van der Waals surface area contributed by atoms with Crippen molar-refractivity contribution < 1.29 is 14.4 Å². The van der Waals surface area contributed by atoms with E-state index in [0.717, 1.165) is 31.6 Å². The lowest BCUT2D eigenvalue weighted by atomic mass is 10.2. The molecule has 0 bridgehead atoms. The third-order valence-corrected chi connectivity index (χ3v) is 6.41. The summed E-state index contributed by atoms with van der Waals surface area (Å²) in [6, 6.07) is 11.4. The van der Waals surface area contributed by atoms with Crippen LogP contribution >= 0.6 is 0 Å². The largest absolute Gasteiger partial charge is 0.339 e. The number of piperazine rings is 1. The number of benzene rings is 1. The first-order valence-electron chi connectivity index (χ1n) is 11.6. The Labute approximate surface area is 194 Å². The fraction of sp³-hybridized carbons (Fsp3) is 0.500. The monoisotopic (exact) mass is 452 g/mol. The van der Waals surface area contributed by atoms with E-state index in [9.17, 15) is 14.4 Å². The Morgan fingerprint density at radius 3 is 2.45 bits per heavy atom. The Balaban J connectivity index is 1.40. The Morgan fingerprint density at radius 1 is 1.03 bits per heavy atom. The van der Waals surface area contributed by atoms with E-state index in [1.54, 1.807) is 22.7 Å². The van der Waals surface area contributed by atoms with Crippen molar-refractivity contribution in [1.29, 1.82) is 0 Å². The quantitative estimate of drug-likeness (QED) is 0.657. The van der Waals surface area contributed by atoms with Crippen molar-refractivity contribution in [2.45, 2.75) is 26.4 Å². The van der Waals surface area contributed by atoms with E-state index < -0.39 is 0 Å². The highest BCUT2D eigenvalue weighted by atomic mass is 16.2. The van der Waals surface area contributed by atoms with E-state index in [-0.39, 0.29) is 30.0 Å². The molecule has 3 heterocycles. The van der Waals surface area contributed by atoms with Gasteiger partial charge in [0.25, 0.3) is 11.8 Å². The van der Waals surface area contributed by atoms with Gasteiger partial charge in [-0.15, -0.1) is 0 Å². The maximum absolute atomic E-state index is 13.2. The summed E-state index contributed by atoms with van der Waals surface area (Å²) in [6.07, 6.45) is 0.763. The number of hydrogen-bond acceptors (Lipinski definition) is 5. The van der Waals surface area contributed by atoms with Gasteiger partial charge in [-0.3, -0.25) is 19.1 Å². The molecule has 2 aromatic rings. The highest BCUT2D eigenvalue weighted by Crippen LogP contribution is 2.17. The molecule has 4 rings (SSSR count). The Morgan fingerprint density at radius 2 is 1.76 bits per heavy atom. The van der Waals surface area contributed by atoms with Crippen molar-refractivity contribution in [2.75, 3.05) is 52.9 Å². The minimum Gasteiger partial charge on any atom is -0.339 e. The minimum atomic E-state index is -0.349. The molecule has 33 heavy (non-hydrogen) atoms. The standard InChI is InChI=1S/C24H32N6O3/c1-3-27-12-14-28(15-13-27)22(31)18-26(2)23(32)20-16-21-24(33)29(10-7-11-30(21)25-20)17-19-8-5-4-6-9-19/h4-6,8-9,16H,3,7,10-15,17-18H2,1-2H3. The topological polar surface area (TPSA) is 82.0 Å². The SMILES string of the molecule is CCN1CCN(C(=O)CN(C)C(=O)c2cc3n(n2)CCCN(Cc2ccccc2)C3=O)CC1. The van der Waals surface area contributed by atoms with Crippen LogP contribution in [-0.4, -0.2) is 100.0 Å². The van der Waals surface area contributed by atoms with E-state index in [1.807, 2.05) is 35.2 Å². The fourth-order valence-corrected chi connectivity index (χ4v) is 4.38. The first-order chi connectivity index (χ1) is 16.0. The van der Waals surface area contributed by atoms with Crippen molar-refractivity contribution in [3.63, 3.8) is 0 Å². The number of carbonyl (C=O) groups excluding carboxylic acids is 3. The number of aromatic nitrogens is 2. The normalized spacial score (nSPS) is 17.0. The highest BCUT2D eigenvalue weighted by molar-refractivity contribution is 5.99. The average Bonchev–Trinajstić information content (AvgIpc) is 3.21. The zero-order valence-corrected chi connectivity index (χ0v) is 19.4. The molecular formula is C24H32N6O3. The smallest absolute Gasteiger partial charge is 0.274 e. The maximum atomic E-state index is 13.2. The van der Waals surface area contributed by atoms with Crippen molar-refractivity contribution in [3.05, 3.63) is 53.3 Å². The molecule has 176 valence electrons. The van der Waals surface area contributed by atoms with Gasteiger partial charge in [-0.2, -0.15) is 5.10 Å². The van der Waals surface area contributed by atoms with Gasteiger partial charge in [0.1, 0.15) is 5.69 Å². The van der Waals surface area contributed by atoms with E-state index in [4.69, 9.17) is 0 Å². The molecule has 0 spiro atoms. The first kappa shape index (κ1) is 23.0. The summed E-state index contributed by atoms with van der Waals surface area (Å²) in [5.74, 6) is -0.540. The molecule has 0 saturated carbocycles. The molecule has 0 aliphatic carbocycles. The van der Waals surface area contributed by atoms with Gasteiger partial charge in [0, 0.05) is 58.9 Å². The molecule has 2 aliphatic heterocycles. The first-order valence-corrected chi connectivity index (χ1v) is 11.6. The Kier molecular flexibility index (Phi) is 7.08. The van der Waals surface area contributed by atoms with E-state index in [2.05, 4.69) is 16.9 Å². The second kappa shape index (κ2) is 10.2. The third kappa shape index (κ3) is 5.24. The number of nitrogens with zero attached hydrogens (tertiary/aromatic N) is 6. The van der Waals surface area contributed by atoms with Gasteiger partial charge < -0.3 is 19.6 Å². The molecule has 1 fully saturated rings. The van der Waals surface area contributed by atoms with Crippen molar-refractivity contribution in [1.82, 2.24) is 29.4 Å². The Bertz CT molecular complexity index is 997. The molecule has 9 nitrogen and oxygen atoms in total. The van der Waals surface area contributed by atoms with Crippen LogP contribution in [0.5, 0.6) is 0 Å². The van der Waals surface area contributed by atoms with Gasteiger partial charge in [0.2, 0.25) is 5.91 Å². The van der Waals surface area contributed by atoms with Crippen LogP contribution in [0, 0.1) is 0 Å². The molecule has 0 atom stereocenters. The lowest BCUT2D eigenvalue weighted by Gasteiger charge is -2.34. The Hall–Kier alpha value is -3.20.